The number of benzene rings is 4. The van der Waals surface area contributed by atoms with Gasteiger partial charge in [-0.15, -0.1) is 10.2 Å². The van der Waals surface area contributed by atoms with Gasteiger partial charge in [0.2, 0.25) is 21.0 Å². The molecule has 39 heavy (non-hydrogen) atoms. The number of azo groups is 1. The highest BCUT2D eigenvalue weighted by Crippen LogP contribution is 2.41. The number of nitro groups is 1. The number of nitro benzene ring substituents is 1. The summed E-state index contributed by atoms with van der Waals surface area (Å²) in [7, 11) is -3.92. The van der Waals surface area contributed by atoms with Crippen molar-refractivity contribution < 1.29 is 18.4 Å². The molecule has 4 aromatic carbocycles. The largest absolute Gasteiger partial charge is 0.493 e. The van der Waals surface area contributed by atoms with Crippen LogP contribution in [0.2, 0.25) is 0 Å². The number of thiocarbonyl (C=S) groups is 1. The molecule has 1 heterocycles. The van der Waals surface area contributed by atoms with Gasteiger partial charge in [-0.05, 0) is 52.8 Å². The van der Waals surface area contributed by atoms with E-state index in [9.17, 15) is 23.6 Å². The molecule has 0 saturated carbocycles. The molecular weight excluding hydrogens is 540 g/mol. The van der Waals surface area contributed by atoms with E-state index in [-0.39, 0.29) is 33.8 Å². The fourth-order valence-electron chi connectivity index (χ4n) is 4.28. The maximum absolute atomic E-state index is 11.6. The summed E-state index contributed by atoms with van der Waals surface area (Å²) in [5.41, 5.74) is 1.57. The van der Waals surface area contributed by atoms with Crippen LogP contribution in [-0.4, -0.2) is 28.1 Å². The van der Waals surface area contributed by atoms with E-state index < -0.39 is 14.9 Å². The standard InChI is InChI=1S/C26H20N6O5S2/c27-39(36,37)20-9-4-8-18(13-20)28-26(38)30-29-24-22-14-19(32(34)35)11-12-23(22)31(25(24)33)15-17-7-3-6-16-5-1-2-10-21(16)17/h1-14,33H,15H2,(H,28,38)(H2,27,36,37). The number of sulfonamides is 1. The number of anilines is 1. The first-order chi connectivity index (χ1) is 18.6. The lowest BCUT2D eigenvalue weighted by molar-refractivity contribution is -0.384. The second-order valence-corrected chi connectivity index (χ2v) is 10.5. The van der Waals surface area contributed by atoms with Crippen molar-refractivity contribution >= 4 is 66.1 Å². The average Bonchev–Trinajstić information content (AvgIpc) is 3.17. The number of non-ortho nitro benzene ring substituents is 1. The fraction of sp³-hybridized carbons (Fsp3) is 0.0385. The van der Waals surface area contributed by atoms with E-state index >= 15 is 0 Å². The molecule has 0 spiro atoms. The van der Waals surface area contributed by atoms with E-state index in [0.717, 1.165) is 16.3 Å². The summed E-state index contributed by atoms with van der Waals surface area (Å²) in [5, 5.41) is 40.8. The van der Waals surface area contributed by atoms with Crippen molar-refractivity contribution in [3.63, 3.8) is 0 Å². The molecule has 0 radical (unpaired) electrons. The summed E-state index contributed by atoms with van der Waals surface area (Å²) >= 11 is 5.22. The van der Waals surface area contributed by atoms with E-state index in [2.05, 4.69) is 15.5 Å². The molecule has 0 fully saturated rings. The van der Waals surface area contributed by atoms with Gasteiger partial charge in [0.25, 0.3) is 5.69 Å². The van der Waals surface area contributed by atoms with Gasteiger partial charge >= 0.3 is 0 Å². The average molecular weight is 561 g/mol. The Morgan fingerprint density at radius 3 is 2.54 bits per heavy atom. The van der Waals surface area contributed by atoms with Crippen molar-refractivity contribution in [1.29, 1.82) is 0 Å². The lowest BCUT2D eigenvalue weighted by atomic mass is 10.0. The van der Waals surface area contributed by atoms with Crippen LogP contribution in [0.15, 0.2) is 100 Å². The molecule has 0 bridgehead atoms. The van der Waals surface area contributed by atoms with Crippen LogP contribution >= 0.6 is 12.2 Å². The molecule has 0 saturated heterocycles. The minimum Gasteiger partial charge on any atom is -0.493 e. The van der Waals surface area contributed by atoms with E-state index in [1.807, 2.05) is 42.5 Å². The van der Waals surface area contributed by atoms with E-state index in [4.69, 9.17) is 17.4 Å². The molecule has 0 aliphatic rings. The highest BCUT2D eigenvalue weighted by molar-refractivity contribution is 7.89. The first kappa shape index (κ1) is 25.9. The number of hydrogen-bond donors (Lipinski definition) is 3. The lowest BCUT2D eigenvalue weighted by Crippen LogP contribution is -2.13. The molecule has 11 nitrogen and oxygen atoms in total. The van der Waals surface area contributed by atoms with Gasteiger partial charge in [-0.1, -0.05) is 48.5 Å². The normalized spacial score (nSPS) is 11.8. The third-order valence-electron chi connectivity index (χ3n) is 6.07. The topological polar surface area (TPSA) is 165 Å². The SMILES string of the molecule is NS(=O)(=O)c1cccc(NC(=S)N=Nc2c(O)n(Cc3cccc4ccccc34)c3ccc([N+](=O)[O-])cc23)c1. The molecule has 0 aliphatic carbocycles. The van der Waals surface area contributed by atoms with Gasteiger partial charge in [-0.25, -0.2) is 13.6 Å². The van der Waals surface area contributed by atoms with E-state index in [1.54, 1.807) is 16.7 Å². The summed E-state index contributed by atoms with van der Waals surface area (Å²) in [6, 6.07) is 23.6. The minimum absolute atomic E-state index is 0.00336. The number of hydrogen-bond acceptors (Lipinski definition) is 7. The number of rotatable bonds is 6. The van der Waals surface area contributed by atoms with Crippen LogP contribution in [0, 0.1) is 10.1 Å². The minimum atomic E-state index is -3.92. The summed E-state index contributed by atoms with van der Waals surface area (Å²) in [4.78, 5) is 10.8. The smallest absolute Gasteiger partial charge is 0.270 e. The third kappa shape index (κ3) is 5.31. The van der Waals surface area contributed by atoms with Crippen molar-refractivity contribution in [3.8, 4) is 5.88 Å². The van der Waals surface area contributed by atoms with Crippen LogP contribution in [0.1, 0.15) is 5.56 Å². The predicted molar refractivity (Wildman–Crippen MR) is 152 cm³/mol. The Balaban J connectivity index is 1.53. The van der Waals surface area contributed by atoms with Gasteiger partial charge in [0.1, 0.15) is 0 Å². The second kappa shape index (κ2) is 10.2. The maximum atomic E-state index is 11.6. The van der Waals surface area contributed by atoms with Crippen LogP contribution in [0.25, 0.3) is 21.7 Å². The monoisotopic (exact) mass is 560 g/mol. The van der Waals surface area contributed by atoms with Gasteiger partial charge in [0.15, 0.2) is 5.69 Å². The first-order valence-electron chi connectivity index (χ1n) is 11.4. The molecule has 13 heteroatoms. The first-order valence-corrected chi connectivity index (χ1v) is 13.4. The number of nitrogens with one attached hydrogen (secondary N) is 1. The Morgan fingerprint density at radius 2 is 1.77 bits per heavy atom. The molecule has 0 unspecified atom stereocenters. The lowest BCUT2D eigenvalue weighted by Gasteiger charge is -2.10. The molecule has 5 aromatic rings. The van der Waals surface area contributed by atoms with Gasteiger partial charge in [0.05, 0.1) is 21.9 Å². The van der Waals surface area contributed by atoms with Gasteiger partial charge in [0, 0.05) is 23.2 Å². The van der Waals surface area contributed by atoms with Gasteiger partial charge in [-0.3, -0.25) is 10.1 Å². The molecule has 196 valence electrons. The Labute approximate surface area is 227 Å². The summed E-state index contributed by atoms with van der Waals surface area (Å²) < 4.78 is 24.8. The van der Waals surface area contributed by atoms with Crippen LogP contribution in [0.3, 0.4) is 0 Å². The number of primary sulfonamides is 1. The zero-order valence-electron chi connectivity index (χ0n) is 20.1. The molecular formula is C26H20N6O5S2. The summed E-state index contributed by atoms with van der Waals surface area (Å²) in [5.74, 6) is -0.249. The Morgan fingerprint density at radius 1 is 1.03 bits per heavy atom. The third-order valence-corrected chi connectivity index (χ3v) is 7.16. The number of aromatic hydroxyl groups is 1. The number of fused-ring (bicyclic) bond motifs is 2. The van der Waals surface area contributed by atoms with Crippen LogP contribution in [0.5, 0.6) is 5.88 Å². The number of aromatic nitrogens is 1. The van der Waals surface area contributed by atoms with Crippen LogP contribution < -0.4 is 10.5 Å². The van der Waals surface area contributed by atoms with E-state index in [0.29, 0.717) is 16.6 Å². The number of nitrogens with zero attached hydrogens (tertiary/aromatic N) is 4. The van der Waals surface area contributed by atoms with E-state index in [1.165, 1.54) is 30.3 Å². The van der Waals surface area contributed by atoms with Crippen LogP contribution in [0.4, 0.5) is 17.1 Å². The van der Waals surface area contributed by atoms with Gasteiger partial charge in [-0.2, -0.15) is 0 Å². The zero-order chi connectivity index (χ0) is 27.7. The molecule has 0 amide bonds. The second-order valence-electron chi connectivity index (χ2n) is 8.56. The number of nitrogens with two attached hydrogens (primary N) is 1. The zero-order valence-corrected chi connectivity index (χ0v) is 21.7. The molecule has 1 aromatic heterocycles. The van der Waals surface area contributed by atoms with Crippen molar-refractivity contribution in [2.24, 2.45) is 15.4 Å². The van der Waals surface area contributed by atoms with Crippen molar-refractivity contribution in [2.75, 3.05) is 5.32 Å². The van der Waals surface area contributed by atoms with Crippen molar-refractivity contribution in [3.05, 3.63) is 101 Å². The van der Waals surface area contributed by atoms with Gasteiger partial charge < -0.3 is 15.0 Å². The molecule has 4 N–H and O–H groups in total. The Kier molecular flexibility index (Phi) is 6.78. The quantitative estimate of drug-likeness (QED) is 0.105. The maximum Gasteiger partial charge on any atom is 0.270 e. The summed E-state index contributed by atoms with van der Waals surface area (Å²) in [6.07, 6.45) is 0. The highest BCUT2D eigenvalue weighted by Gasteiger charge is 2.21. The Hall–Kier alpha value is -4.72. The molecule has 5 rings (SSSR count). The fourth-order valence-corrected chi connectivity index (χ4v) is 5.00. The molecule has 0 atom stereocenters. The van der Waals surface area contributed by atoms with Crippen LogP contribution in [-0.2, 0) is 16.6 Å². The highest BCUT2D eigenvalue weighted by atomic mass is 32.2. The summed E-state index contributed by atoms with van der Waals surface area (Å²) in [6.45, 7) is 0.264. The Bertz CT molecular complexity index is 1910. The predicted octanol–water partition coefficient (Wildman–Crippen LogP) is 5.58. The molecule has 0 aliphatic heterocycles. The van der Waals surface area contributed by atoms with Crippen molar-refractivity contribution in [1.82, 2.24) is 4.57 Å². The van der Waals surface area contributed by atoms with Crippen molar-refractivity contribution in [2.45, 2.75) is 11.4 Å².